The molecule has 1 N–H and O–H groups in total. The molecule has 22 heavy (non-hydrogen) atoms. The van der Waals surface area contributed by atoms with Gasteiger partial charge in [-0.25, -0.2) is 4.98 Å². The van der Waals surface area contributed by atoms with Crippen LogP contribution >= 0.6 is 11.3 Å². The summed E-state index contributed by atoms with van der Waals surface area (Å²) in [5, 5.41) is 6.86. The van der Waals surface area contributed by atoms with Gasteiger partial charge in [0.05, 0.1) is 5.52 Å². The van der Waals surface area contributed by atoms with E-state index in [-0.39, 0.29) is 0 Å². The van der Waals surface area contributed by atoms with Crippen molar-refractivity contribution >= 4 is 34.2 Å². The number of aromatic nitrogens is 2. The van der Waals surface area contributed by atoms with Gasteiger partial charge in [0.1, 0.15) is 5.69 Å². The Morgan fingerprint density at radius 2 is 2.18 bits per heavy atom. The van der Waals surface area contributed by atoms with E-state index in [1.807, 2.05) is 30.3 Å². The molecular weight excluding hydrogens is 294 g/mol. The van der Waals surface area contributed by atoms with Crippen molar-refractivity contribution in [3.05, 3.63) is 52.6 Å². The predicted octanol–water partition coefficient (Wildman–Crippen LogP) is 3.36. The van der Waals surface area contributed by atoms with Gasteiger partial charge in [-0.1, -0.05) is 24.1 Å². The van der Waals surface area contributed by atoms with Crippen LogP contribution in [0.1, 0.15) is 21.9 Å². The summed E-state index contributed by atoms with van der Waals surface area (Å²) >= 11 is 1.39. The molecule has 3 rings (SSSR count). The third-order valence-electron chi connectivity index (χ3n) is 3.05. The smallest absolute Gasteiger partial charge is 0.169 e. The summed E-state index contributed by atoms with van der Waals surface area (Å²) in [5.74, 6) is 6.03. The van der Waals surface area contributed by atoms with E-state index in [0.29, 0.717) is 17.1 Å². The van der Waals surface area contributed by atoms with Gasteiger partial charge < -0.3 is 5.32 Å². The zero-order chi connectivity index (χ0) is 15.2. The highest BCUT2D eigenvalue weighted by Crippen LogP contribution is 2.20. The van der Waals surface area contributed by atoms with Gasteiger partial charge in [-0.15, -0.1) is 11.3 Å². The number of hydrogen-bond acceptors (Lipinski definition) is 5. The van der Waals surface area contributed by atoms with Crippen molar-refractivity contribution in [3.8, 4) is 11.8 Å². The molecule has 3 aromatic rings. The lowest BCUT2D eigenvalue weighted by Crippen LogP contribution is -2.01. The van der Waals surface area contributed by atoms with Crippen LogP contribution in [-0.4, -0.2) is 22.8 Å². The van der Waals surface area contributed by atoms with Crippen molar-refractivity contribution in [3.63, 3.8) is 0 Å². The van der Waals surface area contributed by atoms with E-state index >= 15 is 0 Å². The Balaban J connectivity index is 1.60. The highest BCUT2D eigenvalue weighted by Gasteiger charge is 1.99. The third kappa shape index (κ3) is 3.30. The zero-order valence-corrected chi connectivity index (χ0v) is 12.6. The first kappa shape index (κ1) is 14.2. The molecule has 4 nitrogen and oxygen atoms in total. The average Bonchev–Trinajstić information content (AvgIpc) is 3.03. The molecule has 1 aromatic carbocycles. The van der Waals surface area contributed by atoms with Crippen LogP contribution in [0.4, 0.5) is 5.69 Å². The van der Waals surface area contributed by atoms with Gasteiger partial charge in [-0.3, -0.25) is 9.78 Å². The Morgan fingerprint density at radius 1 is 1.27 bits per heavy atom. The van der Waals surface area contributed by atoms with Gasteiger partial charge in [-0.2, -0.15) is 0 Å². The molecule has 108 valence electrons. The van der Waals surface area contributed by atoms with Crippen LogP contribution in [0.2, 0.25) is 0 Å². The minimum absolute atomic E-state index is 0.440. The number of thiazole rings is 1. The molecule has 0 unspecified atom stereocenters. The number of para-hydroxylation sites is 1. The van der Waals surface area contributed by atoms with Crippen molar-refractivity contribution in [1.82, 2.24) is 9.97 Å². The van der Waals surface area contributed by atoms with Crippen LogP contribution in [0.25, 0.3) is 10.9 Å². The minimum Gasteiger partial charge on any atom is -0.383 e. The van der Waals surface area contributed by atoms with Crippen molar-refractivity contribution in [2.45, 2.75) is 6.42 Å². The second-order valence-electron chi connectivity index (χ2n) is 4.55. The molecule has 0 aliphatic carbocycles. The summed E-state index contributed by atoms with van der Waals surface area (Å²) in [6.45, 7) is 0.743. The second-order valence-corrected chi connectivity index (χ2v) is 5.41. The Morgan fingerprint density at radius 3 is 3.05 bits per heavy atom. The maximum Gasteiger partial charge on any atom is 0.169 e. The number of fused-ring (bicyclic) bond motifs is 1. The summed E-state index contributed by atoms with van der Waals surface area (Å²) in [4.78, 5) is 18.9. The van der Waals surface area contributed by atoms with Crippen LogP contribution in [-0.2, 0) is 0 Å². The lowest BCUT2D eigenvalue weighted by Gasteiger charge is -2.07. The van der Waals surface area contributed by atoms with E-state index in [0.717, 1.165) is 29.4 Å². The lowest BCUT2D eigenvalue weighted by atomic mass is 10.2. The molecular formula is C17H13N3OS. The van der Waals surface area contributed by atoms with Gasteiger partial charge in [0.25, 0.3) is 0 Å². The fourth-order valence-electron chi connectivity index (χ4n) is 2.05. The maximum absolute atomic E-state index is 10.5. The number of carbonyl (C=O) groups excluding carboxylic acids is 1. The summed E-state index contributed by atoms with van der Waals surface area (Å²) < 4.78 is 0. The number of pyridine rings is 1. The molecule has 0 bridgehead atoms. The summed E-state index contributed by atoms with van der Waals surface area (Å²) in [5.41, 5.74) is 2.48. The molecule has 0 amide bonds. The number of anilines is 1. The predicted molar refractivity (Wildman–Crippen MR) is 89.2 cm³/mol. The number of nitrogens with zero attached hydrogens (tertiary/aromatic N) is 2. The average molecular weight is 307 g/mol. The summed E-state index contributed by atoms with van der Waals surface area (Å²) in [6.07, 6.45) is 3.23. The first-order valence-electron chi connectivity index (χ1n) is 6.84. The van der Waals surface area contributed by atoms with Crippen molar-refractivity contribution in [2.75, 3.05) is 11.9 Å². The normalized spacial score (nSPS) is 10.0. The first-order chi connectivity index (χ1) is 10.9. The van der Waals surface area contributed by atoms with E-state index in [1.165, 1.54) is 11.3 Å². The molecule has 2 aromatic heterocycles. The number of benzene rings is 1. The van der Waals surface area contributed by atoms with Crippen molar-refractivity contribution in [2.24, 2.45) is 0 Å². The highest BCUT2D eigenvalue weighted by molar-refractivity contribution is 7.10. The van der Waals surface area contributed by atoms with Gasteiger partial charge in [0.2, 0.25) is 0 Å². The monoisotopic (exact) mass is 307 g/mol. The molecule has 0 saturated heterocycles. The Bertz CT molecular complexity index is 855. The number of carbonyl (C=O) groups is 1. The largest absolute Gasteiger partial charge is 0.383 e. The first-order valence-corrected chi connectivity index (χ1v) is 7.72. The van der Waals surface area contributed by atoms with Crippen LogP contribution in [0.15, 0.2) is 41.9 Å². The second kappa shape index (κ2) is 6.83. The van der Waals surface area contributed by atoms with Gasteiger partial charge >= 0.3 is 0 Å². The highest BCUT2D eigenvalue weighted by atomic mass is 32.1. The van der Waals surface area contributed by atoms with E-state index in [1.54, 1.807) is 11.6 Å². The summed E-state index contributed by atoms with van der Waals surface area (Å²) in [6, 6.07) is 9.99. The minimum atomic E-state index is 0.440. The molecule has 0 radical (unpaired) electrons. The van der Waals surface area contributed by atoms with Crippen LogP contribution in [0.3, 0.4) is 0 Å². The third-order valence-corrected chi connectivity index (χ3v) is 3.83. The zero-order valence-electron chi connectivity index (χ0n) is 11.7. The summed E-state index contributed by atoms with van der Waals surface area (Å²) in [7, 11) is 0. The fraction of sp³-hybridized carbons (Fsp3) is 0.118. The van der Waals surface area contributed by atoms with Crippen LogP contribution in [0.5, 0.6) is 0 Å². The number of rotatable bonds is 4. The van der Waals surface area contributed by atoms with Gasteiger partial charge in [0.15, 0.2) is 11.3 Å². The lowest BCUT2D eigenvalue weighted by molar-refractivity contribution is 0.111. The standard InChI is InChI=1S/C17H13N3OS/c21-11-13-12-22-17(20-13)7-3-4-9-18-16-8-10-19-15-6-2-1-5-14(15)16/h1-2,5-6,8,10-12H,4,9H2,(H,18,19). The molecule has 2 heterocycles. The number of hydrogen-bond donors (Lipinski definition) is 1. The van der Waals surface area contributed by atoms with Gasteiger partial charge in [-0.05, 0) is 18.1 Å². The molecule has 0 saturated carbocycles. The van der Waals surface area contributed by atoms with Crippen molar-refractivity contribution in [1.29, 1.82) is 0 Å². The van der Waals surface area contributed by atoms with E-state index in [2.05, 4.69) is 27.1 Å². The topological polar surface area (TPSA) is 54.9 Å². The van der Waals surface area contributed by atoms with E-state index in [4.69, 9.17) is 0 Å². The molecule has 0 atom stereocenters. The van der Waals surface area contributed by atoms with E-state index in [9.17, 15) is 4.79 Å². The SMILES string of the molecule is O=Cc1csc(C#CCCNc2ccnc3ccccc23)n1. The Labute approximate surface area is 132 Å². The van der Waals surface area contributed by atoms with Gasteiger partial charge in [0, 0.05) is 35.6 Å². The van der Waals surface area contributed by atoms with E-state index < -0.39 is 0 Å². The molecule has 0 fully saturated rings. The molecule has 0 aliphatic rings. The molecule has 5 heteroatoms. The van der Waals surface area contributed by atoms with Crippen LogP contribution < -0.4 is 5.32 Å². The number of nitrogens with one attached hydrogen (secondary N) is 1. The Kier molecular flexibility index (Phi) is 4.42. The van der Waals surface area contributed by atoms with Crippen molar-refractivity contribution < 1.29 is 4.79 Å². The Hall–Kier alpha value is -2.71. The molecule has 0 spiro atoms. The molecule has 0 aliphatic heterocycles. The van der Waals surface area contributed by atoms with Crippen LogP contribution in [0, 0.1) is 11.8 Å². The number of aldehydes is 1. The maximum atomic E-state index is 10.5. The fourth-order valence-corrected chi connectivity index (χ4v) is 2.68. The quantitative estimate of drug-likeness (QED) is 0.456.